The molecule has 2 unspecified atom stereocenters. The molecule has 8 aromatic heterocycles. The van der Waals surface area contributed by atoms with Gasteiger partial charge in [-0.25, -0.2) is 0 Å². The first-order valence-corrected chi connectivity index (χ1v) is 31.5. The molecule has 2 atom stereocenters. The normalized spacial score (nSPS) is 13.7. The van der Waals surface area contributed by atoms with Crippen LogP contribution in [-0.4, -0.2) is 11.6 Å². The molecule has 10 heteroatoms. The number of carbonyl (C=O) groups is 2. The highest BCUT2D eigenvalue weighted by Gasteiger charge is 2.41. The van der Waals surface area contributed by atoms with Gasteiger partial charge < -0.3 is 0 Å². The molecule has 1 aliphatic carbocycles. The van der Waals surface area contributed by atoms with Crippen molar-refractivity contribution < 1.29 is 9.59 Å². The van der Waals surface area contributed by atoms with E-state index in [-0.39, 0.29) is 11.6 Å². The lowest BCUT2D eigenvalue weighted by Gasteiger charge is -2.16. The van der Waals surface area contributed by atoms with Crippen LogP contribution in [0.3, 0.4) is 0 Å². The predicted molar refractivity (Wildman–Crippen MR) is 307 cm³/mol. The van der Waals surface area contributed by atoms with E-state index in [0.29, 0.717) is 28.2 Å². The van der Waals surface area contributed by atoms with Crippen molar-refractivity contribution in [2.24, 2.45) is 17.8 Å². The van der Waals surface area contributed by atoms with E-state index in [4.69, 9.17) is 0 Å². The van der Waals surface area contributed by atoms with Gasteiger partial charge in [0.2, 0.25) is 0 Å². The fourth-order valence-corrected chi connectivity index (χ4v) is 19.8. The van der Waals surface area contributed by atoms with Gasteiger partial charge in [-0.05, 0) is 109 Å². The Morgan fingerprint density at radius 2 is 1.07 bits per heavy atom. The van der Waals surface area contributed by atoms with Crippen LogP contribution in [-0.2, 0) is 25.7 Å². The molecule has 68 heavy (non-hydrogen) atoms. The third-order valence-corrected chi connectivity index (χ3v) is 23.3. The van der Waals surface area contributed by atoms with Crippen LogP contribution in [0.15, 0.2) is 71.4 Å². The molecule has 9 aromatic rings. The number of rotatable bonds is 20. The summed E-state index contributed by atoms with van der Waals surface area (Å²) in [6.45, 7) is 15.8. The Morgan fingerprint density at radius 3 is 1.66 bits per heavy atom. The minimum absolute atomic E-state index is 0.0230. The fourth-order valence-electron chi connectivity index (χ4n) is 10.3. The summed E-state index contributed by atoms with van der Waals surface area (Å²) in [7, 11) is 0. The minimum Gasteiger partial charge on any atom is -0.288 e. The minimum atomic E-state index is 0.0230. The molecular formula is C58H60O2S8. The first kappa shape index (κ1) is 48.3. The quantitative estimate of drug-likeness (QED) is 0.0762. The van der Waals surface area contributed by atoms with Crippen molar-refractivity contribution in [1.82, 2.24) is 0 Å². The van der Waals surface area contributed by atoms with E-state index in [9.17, 15) is 4.79 Å². The molecule has 0 radical (unpaired) electrons. The molecule has 0 bridgehead atoms. The van der Waals surface area contributed by atoms with Crippen molar-refractivity contribution in [2.75, 3.05) is 0 Å². The Hall–Kier alpha value is -3.32. The summed E-state index contributed by atoms with van der Waals surface area (Å²) in [5.41, 5.74) is 5.30. The van der Waals surface area contributed by atoms with Crippen LogP contribution >= 0.6 is 90.7 Å². The van der Waals surface area contributed by atoms with Gasteiger partial charge in [0.15, 0.2) is 11.6 Å². The second-order valence-electron chi connectivity index (χ2n) is 19.0. The van der Waals surface area contributed by atoms with Gasteiger partial charge in [0, 0.05) is 91.2 Å². The smallest absolute Gasteiger partial charge is 0.197 e. The molecule has 0 saturated carbocycles. The Balaban J connectivity index is 1.11. The third-order valence-electron chi connectivity index (χ3n) is 13.9. The lowest BCUT2D eigenvalue weighted by molar-refractivity contribution is 0.0980. The highest BCUT2D eigenvalue weighted by Crippen LogP contribution is 2.55. The molecule has 352 valence electrons. The molecule has 0 N–H and O–H groups in total. The molecule has 0 amide bonds. The standard InChI is InChI=1S/C58H60O2S8/c1-8-13-16-33(10-3)29-35-19-21-41(63-35)47-37-25-27-62-55(37)48(42-22-20-36(64-42)30-34(11-4)17-14-9-2)38-31-45(67-56(38)47)40-23-24-44(66-40)58-52-51(57(68-58)43-18-15-26-61-43)54(60)50-46(28-32(6)7)65-39(12-5)49(50)53(52)59/h15,18-27,31-34H,8-14,16-17,28-30H2,1-7H3. The molecule has 10 rings (SSSR count). The maximum atomic E-state index is 15.1. The molecular weight excluding hydrogens is 985 g/mol. The average Bonchev–Trinajstić information content (AvgIpc) is 4.19. The maximum absolute atomic E-state index is 15.1. The first-order valence-electron chi connectivity index (χ1n) is 24.8. The summed E-state index contributed by atoms with van der Waals surface area (Å²) in [5, 5.41) is 7.07. The largest absolute Gasteiger partial charge is 0.288 e. The third kappa shape index (κ3) is 9.01. The highest BCUT2D eigenvalue weighted by atomic mass is 32.1. The zero-order valence-electron chi connectivity index (χ0n) is 40.2. The van der Waals surface area contributed by atoms with Gasteiger partial charge in [-0.1, -0.05) is 106 Å². The predicted octanol–water partition coefficient (Wildman–Crippen LogP) is 20.9. The van der Waals surface area contributed by atoms with Crippen molar-refractivity contribution >= 4 is 122 Å². The topological polar surface area (TPSA) is 34.1 Å². The van der Waals surface area contributed by atoms with E-state index in [1.54, 1.807) is 45.3 Å². The summed E-state index contributed by atoms with van der Waals surface area (Å²) < 4.78 is 2.74. The van der Waals surface area contributed by atoms with Crippen LogP contribution in [0.1, 0.15) is 151 Å². The molecule has 2 nitrogen and oxygen atoms in total. The van der Waals surface area contributed by atoms with Crippen LogP contribution < -0.4 is 0 Å². The zero-order valence-corrected chi connectivity index (χ0v) is 46.8. The Morgan fingerprint density at radius 1 is 0.471 bits per heavy atom. The first-order chi connectivity index (χ1) is 33.1. The van der Waals surface area contributed by atoms with Gasteiger partial charge >= 0.3 is 0 Å². The molecule has 1 aliphatic rings. The molecule has 0 spiro atoms. The van der Waals surface area contributed by atoms with Crippen molar-refractivity contribution in [1.29, 1.82) is 0 Å². The van der Waals surface area contributed by atoms with E-state index in [0.717, 1.165) is 66.8 Å². The zero-order chi connectivity index (χ0) is 47.2. The Bertz CT molecular complexity index is 3130. The number of fused-ring (bicyclic) bond motifs is 4. The number of ketones is 2. The van der Waals surface area contributed by atoms with Crippen LogP contribution in [0.5, 0.6) is 0 Å². The summed E-state index contributed by atoms with van der Waals surface area (Å²) in [6, 6.07) is 23.1. The number of benzene rings is 1. The van der Waals surface area contributed by atoms with Gasteiger partial charge in [-0.15, -0.1) is 90.7 Å². The molecule has 0 aliphatic heterocycles. The van der Waals surface area contributed by atoms with Crippen molar-refractivity contribution in [3.05, 3.63) is 113 Å². The maximum Gasteiger partial charge on any atom is 0.197 e. The van der Waals surface area contributed by atoms with Crippen molar-refractivity contribution in [3.8, 4) is 50.1 Å². The molecule has 0 fully saturated rings. The molecule has 0 saturated heterocycles. The number of hydrogen-bond acceptors (Lipinski definition) is 10. The Labute approximate surface area is 434 Å². The second kappa shape index (κ2) is 20.8. The average molecular weight is 1050 g/mol. The van der Waals surface area contributed by atoms with Gasteiger partial charge in [0.25, 0.3) is 0 Å². The SMILES string of the molecule is CCCCC(CC)Cc1ccc(-c2c3cc(-c4ccc(-c5sc(-c6cccs6)c6c5C(=O)c5c(CC)sc(CC(C)C)c5C6=O)s4)sc3c(-c3ccc(CC(CC)CCCC)s3)c3ccsc23)s1. The van der Waals surface area contributed by atoms with Gasteiger partial charge in [-0.3, -0.25) is 9.59 Å². The number of aryl methyl sites for hydroxylation is 1. The second-order valence-corrected chi connectivity index (χ2v) is 27.5. The van der Waals surface area contributed by atoms with E-state index in [1.165, 1.54) is 112 Å². The molecule has 8 heterocycles. The monoisotopic (exact) mass is 1040 g/mol. The van der Waals surface area contributed by atoms with E-state index in [2.05, 4.69) is 114 Å². The summed E-state index contributed by atoms with van der Waals surface area (Å²) in [5.74, 6) is 1.88. The van der Waals surface area contributed by atoms with Crippen molar-refractivity contribution in [2.45, 2.75) is 126 Å². The van der Waals surface area contributed by atoms with Gasteiger partial charge in [-0.2, -0.15) is 0 Å². The lowest BCUT2D eigenvalue weighted by Crippen LogP contribution is -2.21. The number of carbonyl (C=O) groups excluding carboxylic acids is 2. The summed E-state index contributed by atoms with van der Waals surface area (Å²) in [4.78, 5) is 44.2. The number of hydrogen-bond donors (Lipinski definition) is 0. The van der Waals surface area contributed by atoms with Crippen LogP contribution in [0.4, 0.5) is 0 Å². The van der Waals surface area contributed by atoms with Gasteiger partial charge in [0.1, 0.15) is 0 Å². The van der Waals surface area contributed by atoms with E-state index < -0.39 is 0 Å². The van der Waals surface area contributed by atoms with E-state index in [1.807, 2.05) is 51.4 Å². The van der Waals surface area contributed by atoms with E-state index >= 15 is 4.79 Å². The van der Waals surface area contributed by atoms with Crippen LogP contribution in [0.25, 0.3) is 70.3 Å². The molecule has 1 aromatic carbocycles. The number of thiophene rings is 8. The lowest BCUT2D eigenvalue weighted by atomic mass is 9.83. The number of unbranched alkanes of at least 4 members (excludes halogenated alkanes) is 2. The van der Waals surface area contributed by atoms with Gasteiger partial charge in [0.05, 0.1) is 20.9 Å². The highest BCUT2D eigenvalue weighted by molar-refractivity contribution is 7.30. The van der Waals surface area contributed by atoms with Crippen LogP contribution in [0, 0.1) is 17.8 Å². The fraction of sp³-hybridized carbons (Fsp3) is 0.379. The van der Waals surface area contributed by atoms with Crippen molar-refractivity contribution in [3.63, 3.8) is 0 Å². The van der Waals surface area contributed by atoms with Crippen LogP contribution in [0.2, 0.25) is 0 Å². The Kier molecular flexibility index (Phi) is 14.8. The summed E-state index contributed by atoms with van der Waals surface area (Å²) >= 11 is 14.5. The summed E-state index contributed by atoms with van der Waals surface area (Å²) in [6.07, 6.45) is 14.0.